The number of Topliss-reactive ketones (excluding diaryl/α,β-unsaturated/α-hetero) is 1. The van der Waals surface area contributed by atoms with Crippen LogP contribution in [0.1, 0.15) is 33.6 Å². The number of nitro benzene ring substituents is 1. The minimum absolute atomic E-state index is 0.0739. The zero-order valence-electron chi connectivity index (χ0n) is 17.4. The minimum Gasteiger partial charge on any atom is -0.486 e. The van der Waals surface area contributed by atoms with Gasteiger partial charge in [0, 0.05) is 24.7 Å². The van der Waals surface area contributed by atoms with Gasteiger partial charge in [0.1, 0.15) is 18.8 Å². The molecular formula is C21H20N2O9S. The number of benzene rings is 2. The Bertz CT molecular complexity index is 1200. The quantitative estimate of drug-likeness (QED) is 0.254. The fourth-order valence-electron chi connectivity index (χ4n) is 3.58. The monoisotopic (exact) mass is 476 g/mol. The maximum atomic E-state index is 12.6. The van der Waals surface area contributed by atoms with Crippen molar-refractivity contribution in [2.75, 3.05) is 32.9 Å². The van der Waals surface area contributed by atoms with E-state index in [-0.39, 0.29) is 40.7 Å². The molecule has 33 heavy (non-hydrogen) atoms. The molecular weight excluding hydrogens is 456 g/mol. The van der Waals surface area contributed by atoms with Gasteiger partial charge >= 0.3 is 5.97 Å². The first-order valence-corrected chi connectivity index (χ1v) is 11.6. The number of ketones is 1. The lowest BCUT2D eigenvalue weighted by molar-refractivity contribution is -0.385. The smallest absolute Gasteiger partial charge is 0.345 e. The largest absolute Gasteiger partial charge is 0.486 e. The van der Waals surface area contributed by atoms with Gasteiger partial charge in [-0.15, -0.1) is 0 Å². The van der Waals surface area contributed by atoms with E-state index in [1.54, 1.807) is 0 Å². The number of ether oxygens (including phenoxy) is 3. The number of nitrogens with zero attached hydrogens (tertiary/aromatic N) is 2. The van der Waals surface area contributed by atoms with Crippen molar-refractivity contribution in [1.82, 2.24) is 4.31 Å². The molecule has 0 spiro atoms. The van der Waals surface area contributed by atoms with Crippen LogP contribution in [0.2, 0.25) is 0 Å². The fourth-order valence-corrected chi connectivity index (χ4v) is 5.09. The van der Waals surface area contributed by atoms with Crippen LogP contribution < -0.4 is 9.47 Å². The molecule has 2 aromatic carbocycles. The van der Waals surface area contributed by atoms with E-state index >= 15 is 0 Å². The van der Waals surface area contributed by atoms with Crippen molar-refractivity contribution >= 4 is 27.5 Å². The highest BCUT2D eigenvalue weighted by atomic mass is 32.2. The summed E-state index contributed by atoms with van der Waals surface area (Å²) in [5, 5.41) is 11.4. The first-order valence-electron chi connectivity index (χ1n) is 10.2. The van der Waals surface area contributed by atoms with Crippen LogP contribution in [0.15, 0.2) is 41.3 Å². The van der Waals surface area contributed by atoms with Gasteiger partial charge in [-0.05, 0) is 37.1 Å². The average Bonchev–Trinajstić information content (AvgIpc) is 3.37. The predicted molar refractivity (Wildman–Crippen MR) is 113 cm³/mol. The molecule has 1 fully saturated rings. The second kappa shape index (κ2) is 9.16. The summed E-state index contributed by atoms with van der Waals surface area (Å²) in [5.41, 5.74) is -0.767. The molecule has 0 aliphatic carbocycles. The van der Waals surface area contributed by atoms with Gasteiger partial charge in [-0.3, -0.25) is 14.9 Å². The number of rotatable bonds is 7. The Morgan fingerprint density at radius 3 is 2.24 bits per heavy atom. The van der Waals surface area contributed by atoms with Crippen molar-refractivity contribution in [3.8, 4) is 11.5 Å². The summed E-state index contributed by atoms with van der Waals surface area (Å²) >= 11 is 0. The van der Waals surface area contributed by atoms with Gasteiger partial charge in [-0.2, -0.15) is 4.31 Å². The van der Waals surface area contributed by atoms with E-state index in [2.05, 4.69) is 0 Å². The zero-order chi connectivity index (χ0) is 23.6. The van der Waals surface area contributed by atoms with Crippen LogP contribution in [0.25, 0.3) is 0 Å². The summed E-state index contributed by atoms with van der Waals surface area (Å²) in [6.45, 7) is 0.695. The number of sulfonamides is 1. The second-order valence-corrected chi connectivity index (χ2v) is 9.34. The molecule has 0 bridgehead atoms. The molecule has 0 radical (unpaired) electrons. The number of hydrogen-bond acceptors (Lipinski definition) is 9. The van der Waals surface area contributed by atoms with Crippen molar-refractivity contribution in [3.63, 3.8) is 0 Å². The Morgan fingerprint density at radius 2 is 1.64 bits per heavy atom. The molecule has 0 unspecified atom stereocenters. The van der Waals surface area contributed by atoms with Crippen LogP contribution in [0.3, 0.4) is 0 Å². The highest BCUT2D eigenvalue weighted by Crippen LogP contribution is 2.36. The van der Waals surface area contributed by atoms with Crippen molar-refractivity contribution < 1.29 is 37.1 Å². The molecule has 2 aliphatic rings. The van der Waals surface area contributed by atoms with E-state index in [4.69, 9.17) is 14.2 Å². The summed E-state index contributed by atoms with van der Waals surface area (Å²) in [7, 11) is -3.61. The standard InChI is InChI=1S/C21H20N2O9S/c24-18(14-3-5-15(6-4-14)33(28,29)22-7-1-2-8-22)13-32-21(25)16-11-19-20(31-10-9-30-19)12-17(16)23(26)27/h3-6,11-12H,1-2,7-10,13H2. The van der Waals surface area contributed by atoms with Crippen LogP contribution in [0, 0.1) is 10.1 Å². The van der Waals surface area contributed by atoms with Gasteiger partial charge in [-0.25, -0.2) is 13.2 Å². The SMILES string of the molecule is O=C(COC(=O)c1cc2c(cc1[N+](=O)[O-])OCCO2)c1ccc(S(=O)(=O)N2CCCC2)cc1. The molecule has 2 heterocycles. The Morgan fingerprint density at radius 1 is 1.03 bits per heavy atom. The number of fused-ring (bicyclic) bond motifs is 1. The molecule has 12 heteroatoms. The van der Waals surface area contributed by atoms with E-state index in [0.717, 1.165) is 25.0 Å². The third kappa shape index (κ3) is 4.66. The van der Waals surface area contributed by atoms with E-state index in [1.807, 2.05) is 0 Å². The highest BCUT2D eigenvalue weighted by Gasteiger charge is 2.29. The minimum atomic E-state index is -3.61. The summed E-state index contributed by atoms with van der Waals surface area (Å²) < 4.78 is 42.2. The van der Waals surface area contributed by atoms with Gasteiger partial charge in [0.15, 0.2) is 23.9 Å². The van der Waals surface area contributed by atoms with Crippen molar-refractivity contribution in [1.29, 1.82) is 0 Å². The number of carbonyl (C=O) groups excluding carboxylic acids is 2. The van der Waals surface area contributed by atoms with Crippen LogP contribution in [0.4, 0.5) is 5.69 Å². The maximum absolute atomic E-state index is 12.6. The maximum Gasteiger partial charge on any atom is 0.345 e. The highest BCUT2D eigenvalue weighted by molar-refractivity contribution is 7.89. The summed E-state index contributed by atoms with van der Waals surface area (Å²) in [4.78, 5) is 35.6. The Balaban J connectivity index is 1.45. The molecule has 174 valence electrons. The lowest BCUT2D eigenvalue weighted by Gasteiger charge is -2.18. The molecule has 0 amide bonds. The molecule has 11 nitrogen and oxygen atoms in total. The first kappa shape index (κ1) is 22.7. The molecule has 2 aliphatic heterocycles. The molecule has 0 N–H and O–H groups in total. The average molecular weight is 476 g/mol. The molecule has 4 rings (SSSR count). The topological polar surface area (TPSA) is 142 Å². The molecule has 0 atom stereocenters. The van der Waals surface area contributed by atoms with Gasteiger partial charge in [-0.1, -0.05) is 0 Å². The lowest BCUT2D eigenvalue weighted by atomic mass is 10.1. The summed E-state index contributed by atoms with van der Waals surface area (Å²) in [6.07, 6.45) is 1.62. The normalized spacial score (nSPS) is 15.8. The third-order valence-corrected chi connectivity index (χ3v) is 7.20. The Hall–Kier alpha value is -3.51. The Kier molecular flexibility index (Phi) is 6.29. The van der Waals surface area contributed by atoms with Crippen LogP contribution >= 0.6 is 0 Å². The molecule has 0 saturated carbocycles. The van der Waals surface area contributed by atoms with E-state index in [1.165, 1.54) is 28.6 Å². The number of esters is 1. The van der Waals surface area contributed by atoms with Crippen molar-refractivity contribution in [3.05, 3.63) is 57.6 Å². The first-order chi connectivity index (χ1) is 15.8. The van der Waals surface area contributed by atoms with Crippen molar-refractivity contribution in [2.45, 2.75) is 17.7 Å². The summed E-state index contributed by atoms with van der Waals surface area (Å²) in [5.74, 6) is -1.35. The zero-order valence-corrected chi connectivity index (χ0v) is 18.2. The van der Waals surface area contributed by atoms with Crippen LogP contribution in [-0.2, 0) is 14.8 Å². The number of carbonyl (C=O) groups is 2. The summed E-state index contributed by atoms with van der Waals surface area (Å²) in [6, 6.07) is 7.56. The molecule has 0 aromatic heterocycles. The van der Waals surface area contributed by atoms with E-state index in [9.17, 15) is 28.1 Å². The second-order valence-electron chi connectivity index (χ2n) is 7.41. The lowest BCUT2D eigenvalue weighted by Crippen LogP contribution is -2.27. The van der Waals surface area contributed by atoms with Gasteiger partial charge < -0.3 is 14.2 Å². The van der Waals surface area contributed by atoms with Crippen LogP contribution in [0.5, 0.6) is 11.5 Å². The van der Waals surface area contributed by atoms with E-state index in [0.29, 0.717) is 13.1 Å². The Labute approximate surface area is 189 Å². The van der Waals surface area contributed by atoms with Crippen molar-refractivity contribution in [2.24, 2.45) is 0 Å². The molecule has 2 aromatic rings. The van der Waals surface area contributed by atoms with Gasteiger partial charge in [0.05, 0.1) is 15.9 Å². The fraction of sp³-hybridized carbons (Fsp3) is 0.333. The van der Waals surface area contributed by atoms with Crippen LogP contribution in [-0.4, -0.2) is 62.3 Å². The van der Waals surface area contributed by atoms with Gasteiger partial charge in [0.25, 0.3) is 5.69 Å². The third-order valence-electron chi connectivity index (χ3n) is 5.29. The number of hydrogen-bond donors (Lipinski definition) is 0. The van der Waals surface area contributed by atoms with E-state index < -0.39 is 39.0 Å². The number of nitro groups is 1. The van der Waals surface area contributed by atoms with Gasteiger partial charge in [0.2, 0.25) is 10.0 Å². The molecule has 1 saturated heterocycles. The predicted octanol–water partition coefficient (Wildman–Crippen LogP) is 2.19.